The number of methoxy groups -OCH3 is 1. The minimum Gasteiger partial charge on any atom is -0.481 e. The van der Waals surface area contributed by atoms with Crippen LogP contribution in [0.4, 0.5) is 0 Å². The van der Waals surface area contributed by atoms with Crippen LogP contribution in [-0.4, -0.2) is 24.7 Å². The summed E-state index contributed by atoms with van der Waals surface area (Å²) in [7, 11) is 1.54. The molecule has 0 aliphatic rings. The summed E-state index contributed by atoms with van der Waals surface area (Å²) in [6.07, 6.45) is 0. The predicted molar refractivity (Wildman–Crippen MR) is 55.8 cm³/mol. The summed E-state index contributed by atoms with van der Waals surface area (Å²) in [5.74, 6) is -0.123. The summed E-state index contributed by atoms with van der Waals surface area (Å²) < 4.78 is 9.89. The first kappa shape index (κ1) is 11.5. The molecule has 1 aromatic heterocycles. The first-order chi connectivity index (χ1) is 7.19. The first-order valence-electron chi connectivity index (χ1n) is 4.86. The van der Waals surface area contributed by atoms with Crippen molar-refractivity contribution in [1.29, 1.82) is 0 Å². The smallest absolute Gasteiger partial charge is 0.314 e. The zero-order chi connectivity index (χ0) is 11.3. The second kappa shape index (κ2) is 5.34. The Morgan fingerprint density at radius 1 is 1.53 bits per heavy atom. The van der Waals surface area contributed by atoms with Gasteiger partial charge in [0.15, 0.2) is 0 Å². The topological polar surface area (TPSA) is 48.4 Å². The molecule has 0 radical (unpaired) electrons. The van der Waals surface area contributed by atoms with E-state index < -0.39 is 0 Å². The maximum atomic E-state index is 11.4. The Morgan fingerprint density at radius 2 is 2.27 bits per heavy atom. The van der Waals surface area contributed by atoms with Crippen LogP contribution in [-0.2, 0) is 9.53 Å². The first-order valence-corrected chi connectivity index (χ1v) is 4.86. The average molecular weight is 209 g/mol. The Morgan fingerprint density at radius 3 is 2.87 bits per heavy atom. The van der Waals surface area contributed by atoms with E-state index in [9.17, 15) is 4.79 Å². The molecule has 15 heavy (non-hydrogen) atoms. The van der Waals surface area contributed by atoms with E-state index >= 15 is 0 Å². The second-order valence-corrected chi connectivity index (χ2v) is 3.08. The number of hydrogen-bond acceptors (Lipinski definition) is 4. The summed E-state index contributed by atoms with van der Waals surface area (Å²) >= 11 is 0. The highest BCUT2D eigenvalue weighted by Crippen LogP contribution is 2.17. The van der Waals surface area contributed by atoms with E-state index in [1.54, 1.807) is 39.2 Å². The number of esters is 1. The summed E-state index contributed by atoms with van der Waals surface area (Å²) in [6, 6.07) is 5.32. The SMILES string of the molecule is CCOC(=O)C(C)c1cccc(OC)n1. The second-order valence-electron chi connectivity index (χ2n) is 3.08. The molecule has 0 amide bonds. The van der Waals surface area contributed by atoms with E-state index in [0.717, 1.165) is 0 Å². The van der Waals surface area contributed by atoms with Crippen molar-refractivity contribution < 1.29 is 14.3 Å². The van der Waals surface area contributed by atoms with Crippen molar-refractivity contribution in [3.63, 3.8) is 0 Å². The summed E-state index contributed by atoms with van der Waals surface area (Å²) in [5.41, 5.74) is 0.660. The number of rotatable bonds is 4. The number of nitrogens with zero attached hydrogens (tertiary/aromatic N) is 1. The molecule has 0 bridgehead atoms. The molecule has 0 spiro atoms. The van der Waals surface area contributed by atoms with Crippen molar-refractivity contribution in [1.82, 2.24) is 4.98 Å². The molecule has 0 aromatic carbocycles. The lowest BCUT2D eigenvalue weighted by Gasteiger charge is -2.10. The van der Waals surface area contributed by atoms with Crippen molar-refractivity contribution in [2.24, 2.45) is 0 Å². The number of carbonyl (C=O) groups is 1. The van der Waals surface area contributed by atoms with Gasteiger partial charge in [-0.15, -0.1) is 0 Å². The molecule has 4 nitrogen and oxygen atoms in total. The molecular formula is C11H15NO3. The number of carbonyl (C=O) groups excluding carboxylic acids is 1. The van der Waals surface area contributed by atoms with Gasteiger partial charge in [-0.05, 0) is 19.9 Å². The molecule has 0 N–H and O–H groups in total. The van der Waals surface area contributed by atoms with Crippen molar-refractivity contribution in [2.75, 3.05) is 13.7 Å². The van der Waals surface area contributed by atoms with Crippen molar-refractivity contribution in [2.45, 2.75) is 19.8 Å². The van der Waals surface area contributed by atoms with Crippen LogP contribution in [0.5, 0.6) is 5.88 Å². The Hall–Kier alpha value is -1.58. The van der Waals surface area contributed by atoms with Crippen LogP contribution in [0.3, 0.4) is 0 Å². The third-order valence-electron chi connectivity index (χ3n) is 2.04. The average Bonchev–Trinajstić information content (AvgIpc) is 2.28. The van der Waals surface area contributed by atoms with Gasteiger partial charge in [0.05, 0.1) is 25.3 Å². The van der Waals surface area contributed by atoms with E-state index in [1.165, 1.54) is 0 Å². The number of hydrogen-bond donors (Lipinski definition) is 0. The normalized spacial score (nSPS) is 11.9. The summed E-state index contributed by atoms with van der Waals surface area (Å²) in [4.78, 5) is 15.6. The number of ether oxygens (including phenoxy) is 2. The van der Waals surface area contributed by atoms with Gasteiger partial charge in [-0.25, -0.2) is 4.98 Å². The number of pyridine rings is 1. The Bertz CT molecular complexity index is 338. The Balaban J connectivity index is 2.81. The summed E-state index contributed by atoms with van der Waals surface area (Å²) in [6.45, 7) is 3.93. The third-order valence-corrected chi connectivity index (χ3v) is 2.04. The lowest BCUT2D eigenvalue weighted by Crippen LogP contribution is -2.14. The van der Waals surface area contributed by atoms with E-state index in [2.05, 4.69) is 4.98 Å². The van der Waals surface area contributed by atoms with E-state index in [4.69, 9.17) is 9.47 Å². The molecule has 0 fully saturated rings. The minimum atomic E-state index is -0.361. The van der Waals surface area contributed by atoms with Crippen LogP contribution in [0.25, 0.3) is 0 Å². The zero-order valence-corrected chi connectivity index (χ0v) is 9.19. The lowest BCUT2D eigenvalue weighted by atomic mass is 10.1. The molecular weight excluding hydrogens is 194 g/mol. The van der Waals surface area contributed by atoms with Gasteiger partial charge in [0, 0.05) is 6.07 Å². The van der Waals surface area contributed by atoms with Gasteiger partial charge in [0.25, 0.3) is 0 Å². The summed E-state index contributed by atoms with van der Waals surface area (Å²) in [5, 5.41) is 0. The molecule has 0 aliphatic heterocycles. The van der Waals surface area contributed by atoms with Gasteiger partial charge in [0.1, 0.15) is 0 Å². The van der Waals surface area contributed by atoms with Crippen LogP contribution < -0.4 is 4.74 Å². The highest BCUT2D eigenvalue weighted by molar-refractivity contribution is 5.77. The van der Waals surface area contributed by atoms with E-state index in [1.807, 2.05) is 0 Å². The molecule has 0 aliphatic carbocycles. The molecule has 4 heteroatoms. The van der Waals surface area contributed by atoms with E-state index in [-0.39, 0.29) is 11.9 Å². The molecule has 1 unspecified atom stereocenters. The molecule has 82 valence electrons. The monoisotopic (exact) mass is 209 g/mol. The van der Waals surface area contributed by atoms with Gasteiger partial charge in [0.2, 0.25) is 5.88 Å². The van der Waals surface area contributed by atoms with Gasteiger partial charge in [-0.2, -0.15) is 0 Å². The number of aromatic nitrogens is 1. The van der Waals surface area contributed by atoms with Gasteiger partial charge < -0.3 is 9.47 Å². The van der Waals surface area contributed by atoms with Crippen LogP contribution in [0.15, 0.2) is 18.2 Å². The predicted octanol–water partition coefficient (Wildman–Crippen LogP) is 1.76. The quantitative estimate of drug-likeness (QED) is 0.709. The molecule has 1 rings (SSSR count). The fourth-order valence-corrected chi connectivity index (χ4v) is 1.17. The maximum absolute atomic E-state index is 11.4. The molecule has 0 saturated heterocycles. The largest absolute Gasteiger partial charge is 0.481 e. The van der Waals surface area contributed by atoms with E-state index in [0.29, 0.717) is 18.2 Å². The van der Waals surface area contributed by atoms with Crippen molar-refractivity contribution in [3.8, 4) is 5.88 Å². The third kappa shape index (κ3) is 2.94. The highest BCUT2D eigenvalue weighted by atomic mass is 16.5. The van der Waals surface area contributed by atoms with Crippen molar-refractivity contribution >= 4 is 5.97 Å². The minimum absolute atomic E-state index is 0.266. The Kier molecular flexibility index (Phi) is 4.09. The van der Waals surface area contributed by atoms with Crippen LogP contribution in [0.2, 0.25) is 0 Å². The molecule has 1 heterocycles. The van der Waals surface area contributed by atoms with Crippen LogP contribution in [0, 0.1) is 0 Å². The fraction of sp³-hybridized carbons (Fsp3) is 0.455. The standard InChI is InChI=1S/C11H15NO3/c1-4-15-11(13)8(2)9-6-5-7-10(12-9)14-3/h5-8H,4H2,1-3H3. The highest BCUT2D eigenvalue weighted by Gasteiger charge is 2.17. The fourth-order valence-electron chi connectivity index (χ4n) is 1.17. The molecule has 1 atom stereocenters. The van der Waals surface area contributed by atoms with Gasteiger partial charge in [-0.3, -0.25) is 4.79 Å². The molecule has 0 saturated carbocycles. The lowest BCUT2D eigenvalue weighted by molar-refractivity contribution is -0.144. The van der Waals surface area contributed by atoms with Crippen LogP contribution >= 0.6 is 0 Å². The Labute approximate surface area is 89.2 Å². The molecule has 1 aromatic rings. The maximum Gasteiger partial charge on any atom is 0.314 e. The van der Waals surface area contributed by atoms with Crippen molar-refractivity contribution in [3.05, 3.63) is 23.9 Å². The zero-order valence-electron chi connectivity index (χ0n) is 9.19. The van der Waals surface area contributed by atoms with Gasteiger partial charge >= 0.3 is 5.97 Å². The van der Waals surface area contributed by atoms with Gasteiger partial charge in [-0.1, -0.05) is 6.07 Å². The van der Waals surface area contributed by atoms with Crippen LogP contribution in [0.1, 0.15) is 25.5 Å².